The van der Waals surface area contributed by atoms with Crippen molar-refractivity contribution >= 4 is 79.4 Å². The van der Waals surface area contributed by atoms with Gasteiger partial charge in [-0.1, -0.05) is 0 Å². The fourth-order valence-electron chi connectivity index (χ4n) is 1.39. The highest BCUT2D eigenvalue weighted by atomic mass is 127. The Bertz CT molecular complexity index is 483. The number of hydrogen-bond acceptors (Lipinski definition) is 3. The standard InChI is InChI=1S/C13H17I3N2O2/c1-13(2,7-19)18(3)6-11(20)17-12-9(15)4-8(14)5-10(12)16/h4-5,19H,6-7H2,1-3H3,(H,17,20). The van der Waals surface area contributed by atoms with Crippen molar-refractivity contribution < 1.29 is 9.90 Å². The molecule has 0 spiro atoms. The van der Waals surface area contributed by atoms with Crippen LogP contribution in [0, 0.1) is 10.7 Å². The van der Waals surface area contributed by atoms with E-state index in [1.165, 1.54) is 0 Å². The molecule has 1 rings (SSSR count). The Morgan fingerprint density at radius 2 is 1.80 bits per heavy atom. The number of rotatable bonds is 5. The van der Waals surface area contributed by atoms with E-state index in [-0.39, 0.29) is 19.1 Å². The molecule has 0 saturated carbocycles. The summed E-state index contributed by atoms with van der Waals surface area (Å²) in [5.41, 5.74) is 0.441. The lowest BCUT2D eigenvalue weighted by molar-refractivity contribution is -0.118. The van der Waals surface area contributed by atoms with Gasteiger partial charge in [-0.2, -0.15) is 0 Å². The molecule has 1 aromatic carbocycles. The lowest BCUT2D eigenvalue weighted by atomic mass is 10.1. The first-order chi connectivity index (χ1) is 9.17. The molecule has 1 aromatic rings. The van der Waals surface area contributed by atoms with Crippen molar-refractivity contribution in [1.29, 1.82) is 0 Å². The summed E-state index contributed by atoms with van der Waals surface area (Å²) in [6.45, 7) is 4.05. The van der Waals surface area contributed by atoms with Gasteiger partial charge in [0.2, 0.25) is 5.91 Å². The number of carbonyl (C=O) groups is 1. The summed E-state index contributed by atoms with van der Waals surface area (Å²) in [6, 6.07) is 4.06. The van der Waals surface area contributed by atoms with Crippen molar-refractivity contribution in [3.05, 3.63) is 22.8 Å². The number of nitrogens with zero attached hydrogens (tertiary/aromatic N) is 1. The van der Waals surface area contributed by atoms with Crippen LogP contribution in [-0.4, -0.2) is 41.7 Å². The van der Waals surface area contributed by atoms with Gasteiger partial charge in [0, 0.05) is 16.2 Å². The Kier molecular flexibility index (Phi) is 7.43. The number of aliphatic hydroxyl groups is 1. The zero-order chi connectivity index (χ0) is 15.5. The number of hydrogen-bond donors (Lipinski definition) is 2. The fourth-order valence-corrected chi connectivity index (χ4v) is 5.24. The van der Waals surface area contributed by atoms with Crippen LogP contribution < -0.4 is 5.32 Å². The largest absolute Gasteiger partial charge is 0.394 e. The topological polar surface area (TPSA) is 52.6 Å². The summed E-state index contributed by atoms with van der Waals surface area (Å²) in [5.74, 6) is -0.0777. The molecular formula is C13H17I3N2O2. The van der Waals surface area contributed by atoms with Crippen LogP contribution in [0.3, 0.4) is 0 Å². The first-order valence-electron chi connectivity index (χ1n) is 5.94. The van der Waals surface area contributed by atoms with Crippen LogP contribution in [0.25, 0.3) is 0 Å². The summed E-state index contributed by atoms with van der Waals surface area (Å²) >= 11 is 6.71. The second-order valence-corrected chi connectivity index (χ2v) is 8.69. The molecule has 0 heterocycles. The monoisotopic (exact) mass is 614 g/mol. The van der Waals surface area contributed by atoms with E-state index in [9.17, 15) is 9.90 Å². The molecule has 0 aliphatic carbocycles. The smallest absolute Gasteiger partial charge is 0.238 e. The number of halogens is 3. The Morgan fingerprint density at radius 1 is 1.30 bits per heavy atom. The van der Waals surface area contributed by atoms with Crippen LogP contribution in [0.2, 0.25) is 0 Å². The number of carbonyl (C=O) groups excluding carboxylic acids is 1. The van der Waals surface area contributed by atoms with Crippen LogP contribution in [0.1, 0.15) is 13.8 Å². The van der Waals surface area contributed by atoms with Crippen LogP contribution in [-0.2, 0) is 4.79 Å². The maximum Gasteiger partial charge on any atom is 0.238 e. The highest BCUT2D eigenvalue weighted by molar-refractivity contribution is 14.1. The molecule has 0 radical (unpaired) electrons. The van der Waals surface area contributed by atoms with Gasteiger partial charge in [-0.05, 0) is 101 Å². The van der Waals surface area contributed by atoms with E-state index in [1.807, 2.05) is 37.9 Å². The van der Waals surface area contributed by atoms with E-state index in [0.717, 1.165) is 16.4 Å². The van der Waals surface area contributed by atoms with Crippen molar-refractivity contribution in [1.82, 2.24) is 4.90 Å². The van der Waals surface area contributed by atoms with Crippen LogP contribution in [0.15, 0.2) is 12.1 Å². The van der Waals surface area contributed by atoms with E-state index >= 15 is 0 Å². The first-order valence-corrected chi connectivity index (χ1v) is 9.17. The summed E-state index contributed by atoms with van der Waals surface area (Å²) in [5, 5.41) is 12.3. The number of anilines is 1. The third kappa shape index (κ3) is 5.21. The Hall–Kier alpha value is 0.800. The molecule has 0 aliphatic heterocycles. The zero-order valence-corrected chi connectivity index (χ0v) is 18.0. The third-order valence-electron chi connectivity index (χ3n) is 3.07. The minimum Gasteiger partial charge on any atom is -0.394 e. The van der Waals surface area contributed by atoms with Gasteiger partial charge in [-0.25, -0.2) is 0 Å². The van der Waals surface area contributed by atoms with E-state index in [1.54, 1.807) is 0 Å². The Balaban J connectivity index is 2.78. The minimum absolute atomic E-state index is 0.00931. The van der Waals surface area contributed by atoms with Gasteiger partial charge in [-0.15, -0.1) is 0 Å². The molecule has 0 atom stereocenters. The molecule has 0 aliphatic rings. The predicted octanol–water partition coefficient (Wildman–Crippen LogP) is 3.14. The summed E-state index contributed by atoms with van der Waals surface area (Å²) in [7, 11) is 1.83. The fraction of sp³-hybridized carbons (Fsp3) is 0.462. The minimum atomic E-state index is -0.413. The summed E-state index contributed by atoms with van der Waals surface area (Å²) in [6.07, 6.45) is 0. The number of amides is 1. The van der Waals surface area contributed by atoms with Crippen LogP contribution >= 0.6 is 67.8 Å². The molecule has 0 unspecified atom stereocenters. The number of aliphatic hydroxyl groups excluding tert-OH is 1. The number of nitrogens with one attached hydrogen (secondary N) is 1. The average Bonchev–Trinajstić information content (AvgIpc) is 2.33. The van der Waals surface area contributed by atoms with Gasteiger partial charge in [0.05, 0.1) is 18.8 Å². The molecule has 1 amide bonds. The van der Waals surface area contributed by atoms with Gasteiger partial charge < -0.3 is 10.4 Å². The maximum absolute atomic E-state index is 12.1. The molecule has 0 bridgehead atoms. The summed E-state index contributed by atoms with van der Waals surface area (Å²) < 4.78 is 3.19. The van der Waals surface area contributed by atoms with Crippen molar-refractivity contribution in [2.45, 2.75) is 19.4 Å². The van der Waals surface area contributed by atoms with E-state index < -0.39 is 5.54 Å². The van der Waals surface area contributed by atoms with Gasteiger partial charge in [0.15, 0.2) is 0 Å². The molecule has 0 saturated heterocycles. The Morgan fingerprint density at radius 3 is 2.25 bits per heavy atom. The predicted molar refractivity (Wildman–Crippen MR) is 107 cm³/mol. The maximum atomic E-state index is 12.1. The molecule has 20 heavy (non-hydrogen) atoms. The second-order valence-electron chi connectivity index (χ2n) is 5.12. The van der Waals surface area contributed by atoms with Gasteiger partial charge >= 0.3 is 0 Å². The number of benzene rings is 1. The molecule has 4 nitrogen and oxygen atoms in total. The van der Waals surface area contributed by atoms with Crippen molar-refractivity contribution in [3.63, 3.8) is 0 Å². The van der Waals surface area contributed by atoms with Crippen molar-refractivity contribution in [2.75, 3.05) is 25.5 Å². The molecular weight excluding hydrogens is 597 g/mol. The van der Waals surface area contributed by atoms with E-state index in [2.05, 4.69) is 73.1 Å². The highest BCUT2D eigenvalue weighted by Gasteiger charge is 2.24. The van der Waals surface area contributed by atoms with Crippen molar-refractivity contribution in [2.24, 2.45) is 0 Å². The zero-order valence-electron chi connectivity index (χ0n) is 11.5. The molecule has 7 heteroatoms. The first kappa shape index (κ1) is 18.8. The molecule has 0 fully saturated rings. The van der Waals surface area contributed by atoms with E-state index in [4.69, 9.17) is 0 Å². The van der Waals surface area contributed by atoms with Gasteiger partial charge in [0.25, 0.3) is 0 Å². The second kappa shape index (κ2) is 7.88. The lowest BCUT2D eigenvalue weighted by Crippen LogP contribution is -2.47. The van der Waals surface area contributed by atoms with Crippen LogP contribution in [0.4, 0.5) is 5.69 Å². The molecule has 0 aromatic heterocycles. The van der Waals surface area contributed by atoms with Crippen molar-refractivity contribution in [3.8, 4) is 0 Å². The summed E-state index contributed by atoms with van der Waals surface area (Å²) in [4.78, 5) is 14.0. The Labute approximate surface area is 160 Å². The third-order valence-corrected chi connectivity index (χ3v) is 5.40. The SMILES string of the molecule is CN(CC(=O)Nc1c(I)cc(I)cc1I)C(C)(C)CO. The highest BCUT2D eigenvalue weighted by Crippen LogP contribution is 2.27. The molecule has 2 N–H and O–H groups in total. The lowest BCUT2D eigenvalue weighted by Gasteiger charge is -2.33. The molecule has 112 valence electrons. The quantitative estimate of drug-likeness (QED) is 0.502. The van der Waals surface area contributed by atoms with Gasteiger partial charge in [0.1, 0.15) is 0 Å². The normalized spacial score (nSPS) is 11.8. The number of likely N-dealkylation sites (N-methyl/N-ethyl adjacent to an activating group) is 1. The van der Waals surface area contributed by atoms with E-state index in [0.29, 0.717) is 0 Å². The van der Waals surface area contributed by atoms with Crippen LogP contribution in [0.5, 0.6) is 0 Å². The average molecular weight is 614 g/mol. The van der Waals surface area contributed by atoms with Gasteiger partial charge in [-0.3, -0.25) is 9.69 Å².